The minimum atomic E-state index is -4.33. The zero-order valence-electron chi connectivity index (χ0n) is 10.2. The van der Waals surface area contributed by atoms with Crippen LogP contribution in [0.25, 0.3) is 0 Å². The molecule has 0 spiro atoms. The van der Waals surface area contributed by atoms with Gasteiger partial charge in [-0.25, -0.2) is 8.42 Å². The summed E-state index contributed by atoms with van der Waals surface area (Å²) in [6, 6.07) is 5.05. The van der Waals surface area contributed by atoms with Crippen molar-refractivity contribution in [3.63, 3.8) is 0 Å². The Kier molecular flexibility index (Phi) is 8.52. The fraction of sp³-hybridized carbons (Fsp3) is 0.400. The first kappa shape index (κ1) is 19.5. The molecule has 116 valence electrons. The summed E-state index contributed by atoms with van der Waals surface area (Å²) in [6.45, 7) is 0.572. The third-order valence-electron chi connectivity index (χ3n) is 1.76. The molecule has 0 aliphatic carbocycles. The molecule has 1 aromatic carbocycles. The maximum Gasteiger partial charge on any atom is 0.441 e. The number of alkyl halides is 3. The lowest BCUT2D eigenvalue weighted by molar-refractivity contribution is -0.367. The SMILES string of the molecule is O=S(=O)([O-])c1ccc(Cl)cc1.[NH3+]CCCSC(F)(F)F. The second kappa shape index (κ2) is 8.73. The van der Waals surface area contributed by atoms with Crippen LogP contribution in [0.15, 0.2) is 29.2 Å². The van der Waals surface area contributed by atoms with E-state index in [1.807, 2.05) is 0 Å². The molecule has 0 radical (unpaired) electrons. The van der Waals surface area contributed by atoms with Crippen molar-refractivity contribution in [2.45, 2.75) is 16.8 Å². The van der Waals surface area contributed by atoms with Gasteiger partial charge < -0.3 is 10.3 Å². The maximum atomic E-state index is 11.3. The van der Waals surface area contributed by atoms with Crippen molar-refractivity contribution >= 4 is 33.5 Å². The molecule has 0 bridgehead atoms. The Bertz CT molecular complexity index is 491. The van der Waals surface area contributed by atoms with E-state index >= 15 is 0 Å². The summed E-state index contributed by atoms with van der Waals surface area (Å²) in [5.41, 5.74) is -0.636. The van der Waals surface area contributed by atoms with E-state index in [0.717, 1.165) is 0 Å². The highest BCUT2D eigenvalue weighted by atomic mass is 35.5. The Morgan fingerprint density at radius 2 is 1.75 bits per heavy atom. The normalized spacial score (nSPS) is 11.7. The first-order chi connectivity index (χ1) is 9.06. The third kappa shape index (κ3) is 10.3. The van der Waals surface area contributed by atoms with Crippen LogP contribution in [0.3, 0.4) is 0 Å². The van der Waals surface area contributed by atoms with Gasteiger partial charge in [0, 0.05) is 17.2 Å². The van der Waals surface area contributed by atoms with Gasteiger partial charge in [-0.05, 0) is 24.3 Å². The monoisotopic (exact) mass is 351 g/mol. The third-order valence-corrected chi connectivity index (χ3v) is 3.68. The predicted molar refractivity (Wildman–Crippen MR) is 70.3 cm³/mol. The number of benzene rings is 1. The van der Waals surface area contributed by atoms with Crippen molar-refractivity contribution in [3.8, 4) is 0 Å². The van der Waals surface area contributed by atoms with Crippen LogP contribution < -0.4 is 5.73 Å². The van der Waals surface area contributed by atoms with E-state index in [0.29, 0.717) is 18.0 Å². The molecule has 10 heteroatoms. The summed E-state index contributed by atoms with van der Waals surface area (Å²) in [6.07, 6.45) is 0.532. The second-order valence-electron chi connectivity index (χ2n) is 3.41. The average Bonchev–Trinajstić information content (AvgIpc) is 2.28. The molecule has 0 fully saturated rings. The van der Waals surface area contributed by atoms with Gasteiger partial charge in [0.1, 0.15) is 10.1 Å². The molecular weight excluding hydrogens is 339 g/mol. The van der Waals surface area contributed by atoms with Crippen molar-refractivity contribution in [3.05, 3.63) is 29.3 Å². The Balaban J connectivity index is 0.000000370. The molecular formula is C10H13ClF3NO3S2. The highest BCUT2D eigenvalue weighted by molar-refractivity contribution is 8.00. The number of thioether (sulfide) groups is 1. The van der Waals surface area contributed by atoms with Crippen LogP contribution in [0.5, 0.6) is 0 Å². The number of hydrogen-bond donors (Lipinski definition) is 1. The van der Waals surface area contributed by atoms with Crippen LogP contribution in [0.2, 0.25) is 5.02 Å². The fourth-order valence-electron chi connectivity index (χ4n) is 0.891. The van der Waals surface area contributed by atoms with E-state index in [1.54, 1.807) is 0 Å². The van der Waals surface area contributed by atoms with Gasteiger partial charge in [0.2, 0.25) is 0 Å². The summed E-state index contributed by atoms with van der Waals surface area (Å²) in [5, 5.41) is 0.400. The fourth-order valence-corrected chi connectivity index (χ4v) is 2.07. The largest absolute Gasteiger partial charge is 0.744 e. The van der Waals surface area contributed by atoms with E-state index < -0.39 is 15.6 Å². The van der Waals surface area contributed by atoms with Crippen molar-refractivity contribution < 1.29 is 31.9 Å². The molecule has 0 aromatic heterocycles. The second-order valence-corrected chi connectivity index (χ2v) is 6.39. The quantitative estimate of drug-likeness (QED) is 0.665. The Hall–Kier alpha value is -0.480. The number of halogens is 4. The molecule has 0 atom stereocenters. The zero-order chi connectivity index (χ0) is 15.8. The smallest absolute Gasteiger partial charge is 0.441 e. The molecule has 0 aliphatic heterocycles. The number of rotatable bonds is 4. The van der Waals surface area contributed by atoms with E-state index in [4.69, 9.17) is 11.6 Å². The molecule has 3 N–H and O–H groups in total. The molecule has 20 heavy (non-hydrogen) atoms. The van der Waals surface area contributed by atoms with E-state index in [2.05, 4.69) is 5.73 Å². The molecule has 0 aliphatic rings. The minimum Gasteiger partial charge on any atom is -0.744 e. The van der Waals surface area contributed by atoms with Crippen LogP contribution in [-0.4, -0.2) is 30.8 Å². The van der Waals surface area contributed by atoms with Crippen LogP contribution >= 0.6 is 23.4 Å². The summed E-state index contributed by atoms with van der Waals surface area (Å²) in [7, 11) is -4.33. The Labute approximate surface area is 124 Å². The van der Waals surface area contributed by atoms with Crippen LogP contribution in [-0.2, 0) is 10.1 Å². The van der Waals surface area contributed by atoms with Crippen LogP contribution in [0.1, 0.15) is 6.42 Å². The predicted octanol–water partition coefficient (Wildman–Crippen LogP) is 2.12. The maximum absolute atomic E-state index is 11.3. The molecule has 0 amide bonds. The lowest BCUT2D eigenvalue weighted by Crippen LogP contribution is -2.50. The summed E-state index contributed by atoms with van der Waals surface area (Å²) >= 11 is 5.48. The lowest BCUT2D eigenvalue weighted by atomic mass is 10.4. The van der Waals surface area contributed by atoms with Crippen molar-refractivity contribution in [1.82, 2.24) is 0 Å². The Morgan fingerprint density at radius 1 is 1.25 bits per heavy atom. The standard InChI is InChI=1S/C6H5ClO3S.C4H8F3NS/c7-5-1-3-6(4-2-5)11(8,9)10;5-4(6,7)9-3-1-2-8/h1-4H,(H,8,9,10);1-3,8H2. The van der Waals surface area contributed by atoms with Crippen LogP contribution in [0.4, 0.5) is 13.2 Å². The topological polar surface area (TPSA) is 84.8 Å². The molecule has 1 rings (SSSR count). The molecule has 0 unspecified atom stereocenters. The van der Waals surface area contributed by atoms with Crippen molar-refractivity contribution in [2.24, 2.45) is 0 Å². The molecule has 0 heterocycles. The summed E-state index contributed by atoms with van der Waals surface area (Å²) in [4.78, 5) is -0.262. The molecule has 0 saturated carbocycles. The van der Waals surface area contributed by atoms with Gasteiger partial charge in [0.15, 0.2) is 0 Å². The highest BCUT2D eigenvalue weighted by Gasteiger charge is 2.27. The van der Waals surface area contributed by atoms with Crippen LogP contribution in [0, 0.1) is 0 Å². The van der Waals surface area contributed by atoms with Gasteiger partial charge in [-0.15, -0.1) is 0 Å². The first-order valence-corrected chi connectivity index (χ1v) is 8.05. The van der Waals surface area contributed by atoms with Gasteiger partial charge in [-0.3, -0.25) is 0 Å². The van der Waals surface area contributed by atoms with Gasteiger partial charge in [0.25, 0.3) is 0 Å². The molecule has 4 nitrogen and oxygen atoms in total. The Morgan fingerprint density at radius 3 is 2.10 bits per heavy atom. The lowest BCUT2D eigenvalue weighted by Gasteiger charge is -2.05. The van der Waals surface area contributed by atoms with E-state index in [-0.39, 0.29) is 22.4 Å². The number of hydrogen-bond acceptors (Lipinski definition) is 4. The first-order valence-electron chi connectivity index (χ1n) is 5.27. The van der Waals surface area contributed by atoms with Gasteiger partial charge >= 0.3 is 5.51 Å². The summed E-state index contributed by atoms with van der Waals surface area (Å²) in [5.74, 6) is 0.132. The van der Waals surface area contributed by atoms with E-state index in [9.17, 15) is 26.1 Å². The summed E-state index contributed by atoms with van der Waals surface area (Å²) < 4.78 is 65.0. The molecule has 0 saturated heterocycles. The van der Waals surface area contributed by atoms with Gasteiger partial charge in [-0.1, -0.05) is 23.4 Å². The zero-order valence-corrected chi connectivity index (χ0v) is 12.6. The van der Waals surface area contributed by atoms with Crippen molar-refractivity contribution in [2.75, 3.05) is 12.3 Å². The van der Waals surface area contributed by atoms with Gasteiger partial charge in [-0.2, -0.15) is 13.2 Å². The average molecular weight is 352 g/mol. The van der Waals surface area contributed by atoms with Gasteiger partial charge in [0.05, 0.1) is 11.4 Å². The number of quaternary nitrogens is 1. The van der Waals surface area contributed by atoms with E-state index in [1.165, 1.54) is 24.3 Å². The highest BCUT2D eigenvalue weighted by Crippen LogP contribution is 2.30. The molecule has 1 aromatic rings. The minimum absolute atomic E-state index is 0.0181. The van der Waals surface area contributed by atoms with Crippen molar-refractivity contribution in [1.29, 1.82) is 0 Å².